The van der Waals surface area contributed by atoms with Gasteiger partial charge in [-0.1, -0.05) is 0 Å². The lowest BCUT2D eigenvalue weighted by Gasteiger charge is -2.33. The van der Waals surface area contributed by atoms with Gasteiger partial charge in [0.15, 0.2) is 0 Å². The topological polar surface area (TPSA) is 51.3 Å². The minimum Gasteiger partial charge on any atom is -0.472 e. The van der Waals surface area contributed by atoms with Gasteiger partial charge in [0.2, 0.25) is 0 Å². The number of piperidine rings is 1. The van der Waals surface area contributed by atoms with Gasteiger partial charge in [-0.2, -0.15) is 0 Å². The van der Waals surface area contributed by atoms with Crippen molar-refractivity contribution in [2.45, 2.75) is 44.6 Å². The fraction of sp³-hybridized carbons (Fsp3) is 0.529. The van der Waals surface area contributed by atoms with Crippen molar-refractivity contribution in [2.24, 2.45) is 0 Å². The molecular weight excluding hydrogens is 278 g/mol. The molecule has 0 unspecified atom stereocenters. The van der Waals surface area contributed by atoms with Crippen LogP contribution in [0.5, 0.6) is 0 Å². The molecule has 1 atom stereocenters. The fourth-order valence-corrected chi connectivity index (χ4v) is 3.73. The highest BCUT2D eigenvalue weighted by Crippen LogP contribution is 2.29. The van der Waals surface area contributed by atoms with Crippen LogP contribution in [-0.4, -0.2) is 33.4 Å². The summed E-state index contributed by atoms with van der Waals surface area (Å²) in [7, 11) is 0. The van der Waals surface area contributed by atoms with Crippen LogP contribution in [0, 0.1) is 0 Å². The van der Waals surface area contributed by atoms with Crippen LogP contribution in [-0.2, 0) is 13.0 Å². The van der Waals surface area contributed by atoms with E-state index in [1.165, 1.54) is 30.6 Å². The minimum atomic E-state index is 0.0730. The maximum absolute atomic E-state index is 12.5. The molecule has 0 spiro atoms. The van der Waals surface area contributed by atoms with Gasteiger partial charge in [-0.25, -0.2) is 4.98 Å². The fourth-order valence-electron chi connectivity index (χ4n) is 3.73. The highest BCUT2D eigenvalue weighted by Gasteiger charge is 2.29. The lowest BCUT2D eigenvalue weighted by Crippen LogP contribution is -2.39. The van der Waals surface area contributed by atoms with Crippen LogP contribution < -0.4 is 0 Å². The third-order valence-electron chi connectivity index (χ3n) is 4.88. The number of hydrogen-bond acceptors (Lipinski definition) is 3. The summed E-state index contributed by atoms with van der Waals surface area (Å²) in [5.74, 6) is 1.61. The van der Waals surface area contributed by atoms with Gasteiger partial charge in [-0.3, -0.25) is 4.79 Å². The first-order valence-corrected chi connectivity index (χ1v) is 8.18. The predicted molar refractivity (Wildman–Crippen MR) is 81.8 cm³/mol. The van der Waals surface area contributed by atoms with E-state index in [2.05, 4.69) is 9.55 Å². The number of amides is 1. The number of aryl methyl sites for hydroxylation is 1. The summed E-state index contributed by atoms with van der Waals surface area (Å²) >= 11 is 0. The zero-order valence-corrected chi connectivity index (χ0v) is 12.7. The van der Waals surface area contributed by atoms with Crippen molar-refractivity contribution in [1.82, 2.24) is 14.5 Å². The molecule has 2 aromatic rings. The molecule has 4 heterocycles. The largest absolute Gasteiger partial charge is 0.472 e. The number of nitrogens with zero attached hydrogens (tertiary/aromatic N) is 3. The number of carbonyl (C=O) groups is 1. The zero-order chi connectivity index (χ0) is 14.9. The number of imidazole rings is 1. The Balaban J connectivity index is 1.54. The van der Waals surface area contributed by atoms with Crippen molar-refractivity contribution in [3.8, 4) is 0 Å². The number of likely N-dealkylation sites (tertiary alicyclic amines) is 1. The van der Waals surface area contributed by atoms with Gasteiger partial charge in [-0.05, 0) is 38.2 Å². The standard InChI is InChI=1S/C17H21N3O2/c21-17(14-6-9-22-12-14)19-7-3-4-13(11-19)16-18-10-15-5-1-2-8-20(15)16/h6,9-10,12-13H,1-5,7-8,11H2/t13-/m1/s1. The van der Waals surface area contributed by atoms with Gasteiger partial charge in [0, 0.05) is 37.4 Å². The Morgan fingerprint density at radius 1 is 1.27 bits per heavy atom. The predicted octanol–water partition coefficient (Wildman–Crippen LogP) is 2.83. The van der Waals surface area contributed by atoms with Crippen molar-refractivity contribution in [2.75, 3.05) is 13.1 Å². The van der Waals surface area contributed by atoms with Crippen molar-refractivity contribution in [1.29, 1.82) is 0 Å². The molecule has 0 N–H and O–H groups in total. The summed E-state index contributed by atoms with van der Waals surface area (Å²) in [4.78, 5) is 19.1. The Hall–Kier alpha value is -2.04. The third kappa shape index (κ3) is 2.34. The number of aromatic nitrogens is 2. The van der Waals surface area contributed by atoms with E-state index in [-0.39, 0.29) is 5.91 Å². The molecule has 116 valence electrons. The summed E-state index contributed by atoms with van der Waals surface area (Å²) in [6.07, 6.45) is 10.9. The van der Waals surface area contributed by atoms with Gasteiger partial charge >= 0.3 is 0 Å². The first-order chi connectivity index (χ1) is 10.8. The van der Waals surface area contributed by atoms with E-state index in [9.17, 15) is 4.79 Å². The van der Waals surface area contributed by atoms with Crippen LogP contribution in [0.15, 0.2) is 29.2 Å². The van der Waals surface area contributed by atoms with Crippen LogP contribution in [0.1, 0.15) is 53.5 Å². The lowest BCUT2D eigenvalue weighted by atomic mass is 9.96. The summed E-state index contributed by atoms with van der Waals surface area (Å²) in [5, 5.41) is 0. The van der Waals surface area contributed by atoms with Crippen molar-refractivity contribution < 1.29 is 9.21 Å². The quantitative estimate of drug-likeness (QED) is 0.857. The van der Waals surface area contributed by atoms with Crippen LogP contribution in [0.4, 0.5) is 0 Å². The molecule has 0 bridgehead atoms. The average molecular weight is 299 g/mol. The number of furan rings is 1. The van der Waals surface area contributed by atoms with Gasteiger partial charge in [0.05, 0.1) is 11.8 Å². The molecule has 22 heavy (non-hydrogen) atoms. The molecule has 0 aromatic carbocycles. The second-order valence-electron chi connectivity index (χ2n) is 6.32. The Morgan fingerprint density at radius 2 is 2.23 bits per heavy atom. The van der Waals surface area contributed by atoms with Gasteiger partial charge in [0.25, 0.3) is 5.91 Å². The van der Waals surface area contributed by atoms with Crippen LogP contribution in [0.3, 0.4) is 0 Å². The van der Waals surface area contributed by atoms with E-state index in [1.54, 1.807) is 12.3 Å². The normalized spacial score (nSPS) is 21.6. The summed E-state index contributed by atoms with van der Waals surface area (Å²) in [6.45, 7) is 2.67. The maximum Gasteiger partial charge on any atom is 0.257 e. The summed E-state index contributed by atoms with van der Waals surface area (Å²) in [6, 6.07) is 1.74. The highest BCUT2D eigenvalue weighted by molar-refractivity contribution is 5.93. The zero-order valence-electron chi connectivity index (χ0n) is 12.7. The molecule has 5 nitrogen and oxygen atoms in total. The molecule has 2 aliphatic heterocycles. The Morgan fingerprint density at radius 3 is 3.09 bits per heavy atom. The van der Waals surface area contributed by atoms with Gasteiger partial charge in [0.1, 0.15) is 12.1 Å². The monoisotopic (exact) mass is 299 g/mol. The molecule has 0 radical (unpaired) electrons. The third-order valence-corrected chi connectivity index (χ3v) is 4.88. The molecule has 1 fully saturated rings. The summed E-state index contributed by atoms with van der Waals surface area (Å²) in [5.41, 5.74) is 2.00. The molecular formula is C17H21N3O2. The van der Waals surface area contributed by atoms with Gasteiger partial charge in [-0.15, -0.1) is 0 Å². The molecule has 2 aromatic heterocycles. The molecule has 0 aliphatic carbocycles. The molecule has 1 amide bonds. The van der Waals surface area contributed by atoms with E-state index >= 15 is 0 Å². The summed E-state index contributed by atoms with van der Waals surface area (Å²) < 4.78 is 7.42. The second kappa shape index (κ2) is 5.63. The SMILES string of the molecule is O=C(c1ccoc1)N1CCC[C@@H](c2ncc3n2CCCC3)C1. The van der Waals surface area contributed by atoms with Gasteiger partial charge < -0.3 is 13.9 Å². The van der Waals surface area contributed by atoms with Crippen molar-refractivity contribution in [3.05, 3.63) is 41.9 Å². The van der Waals surface area contributed by atoms with Crippen LogP contribution >= 0.6 is 0 Å². The van der Waals surface area contributed by atoms with Crippen LogP contribution in [0.25, 0.3) is 0 Å². The van der Waals surface area contributed by atoms with E-state index in [1.807, 2.05) is 11.1 Å². The average Bonchev–Trinajstić information content (AvgIpc) is 3.24. The van der Waals surface area contributed by atoms with Crippen molar-refractivity contribution >= 4 is 5.91 Å². The van der Waals surface area contributed by atoms with E-state index in [4.69, 9.17) is 4.42 Å². The molecule has 0 saturated carbocycles. The Labute approximate surface area is 129 Å². The van der Waals surface area contributed by atoms with Crippen LogP contribution in [0.2, 0.25) is 0 Å². The number of carbonyl (C=O) groups excluding carboxylic acids is 1. The van der Waals surface area contributed by atoms with Crippen molar-refractivity contribution in [3.63, 3.8) is 0 Å². The van der Waals surface area contributed by atoms with E-state index in [0.29, 0.717) is 11.5 Å². The Kier molecular flexibility index (Phi) is 3.48. The molecule has 4 rings (SSSR count). The highest BCUT2D eigenvalue weighted by atomic mass is 16.3. The van der Waals surface area contributed by atoms with E-state index in [0.717, 1.165) is 38.9 Å². The minimum absolute atomic E-state index is 0.0730. The maximum atomic E-state index is 12.5. The first kappa shape index (κ1) is 13.6. The first-order valence-electron chi connectivity index (χ1n) is 8.18. The Bertz CT molecular complexity index is 660. The second-order valence-corrected chi connectivity index (χ2v) is 6.32. The lowest BCUT2D eigenvalue weighted by molar-refractivity contribution is 0.0702. The molecule has 1 saturated heterocycles. The van der Waals surface area contributed by atoms with E-state index < -0.39 is 0 Å². The number of fused-ring (bicyclic) bond motifs is 1. The smallest absolute Gasteiger partial charge is 0.257 e. The molecule has 2 aliphatic rings. The molecule has 5 heteroatoms. The number of hydrogen-bond donors (Lipinski definition) is 0. The number of rotatable bonds is 2.